The summed E-state index contributed by atoms with van der Waals surface area (Å²) in [4.78, 5) is 4.76. The average molecular weight is 383 g/mol. The molecule has 0 radical (unpaired) electrons. The van der Waals surface area contributed by atoms with Crippen molar-refractivity contribution in [1.29, 1.82) is 0 Å². The Bertz CT molecular complexity index is 1110. The van der Waals surface area contributed by atoms with Crippen LogP contribution in [0.5, 0.6) is 0 Å². The van der Waals surface area contributed by atoms with Crippen LogP contribution in [0.3, 0.4) is 0 Å². The Morgan fingerprint density at radius 3 is 2.52 bits per heavy atom. The van der Waals surface area contributed by atoms with Gasteiger partial charge in [-0.25, -0.2) is 0 Å². The summed E-state index contributed by atoms with van der Waals surface area (Å²) >= 11 is 0. The van der Waals surface area contributed by atoms with Crippen LogP contribution in [0.1, 0.15) is 22.3 Å². The Hall–Kier alpha value is -3.01. The van der Waals surface area contributed by atoms with Gasteiger partial charge < -0.3 is 10.4 Å². The lowest BCUT2D eigenvalue weighted by atomic mass is 9.92. The van der Waals surface area contributed by atoms with E-state index in [1.54, 1.807) is 0 Å². The number of aliphatic hydroxyl groups excluding tert-OH is 1. The molecular formula is C26H26N2O. The second-order valence-corrected chi connectivity index (χ2v) is 7.37. The number of para-hydroxylation sites is 1. The molecule has 0 saturated carbocycles. The zero-order valence-corrected chi connectivity index (χ0v) is 16.7. The van der Waals surface area contributed by atoms with Crippen LogP contribution in [0.25, 0.3) is 22.0 Å². The van der Waals surface area contributed by atoms with Crippen molar-refractivity contribution in [2.75, 3.05) is 13.2 Å². The van der Waals surface area contributed by atoms with Gasteiger partial charge >= 0.3 is 0 Å². The van der Waals surface area contributed by atoms with Crippen molar-refractivity contribution in [1.82, 2.24) is 10.3 Å². The van der Waals surface area contributed by atoms with Crippen LogP contribution in [0.4, 0.5) is 0 Å². The smallest absolute Gasteiger partial charge is 0.0737 e. The van der Waals surface area contributed by atoms with E-state index in [4.69, 9.17) is 10.1 Å². The summed E-state index contributed by atoms with van der Waals surface area (Å²) in [7, 11) is 0. The third-order valence-corrected chi connectivity index (χ3v) is 5.38. The lowest BCUT2D eigenvalue weighted by molar-refractivity contribution is 0.292. The maximum Gasteiger partial charge on any atom is 0.0737 e. The van der Waals surface area contributed by atoms with Crippen LogP contribution in [0.2, 0.25) is 0 Å². The monoisotopic (exact) mass is 382 g/mol. The van der Waals surface area contributed by atoms with E-state index in [1.165, 1.54) is 27.8 Å². The van der Waals surface area contributed by atoms with Gasteiger partial charge in [0, 0.05) is 24.7 Å². The molecule has 4 aromatic rings. The molecule has 0 atom stereocenters. The fraction of sp³-hybridized carbons (Fsp3) is 0.192. The van der Waals surface area contributed by atoms with Gasteiger partial charge in [0.1, 0.15) is 0 Å². The summed E-state index contributed by atoms with van der Waals surface area (Å²) in [6.45, 7) is 3.66. The lowest BCUT2D eigenvalue weighted by Crippen LogP contribution is -2.17. The van der Waals surface area contributed by atoms with Crippen LogP contribution >= 0.6 is 0 Å². The fourth-order valence-electron chi connectivity index (χ4n) is 3.83. The lowest BCUT2D eigenvalue weighted by Gasteiger charge is -2.13. The summed E-state index contributed by atoms with van der Waals surface area (Å²) in [5, 5.41) is 13.3. The molecule has 1 aromatic heterocycles. The molecule has 3 heteroatoms. The van der Waals surface area contributed by atoms with Gasteiger partial charge in [-0.05, 0) is 52.8 Å². The number of aliphatic hydroxyl groups is 1. The van der Waals surface area contributed by atoms with Gasteiger partial charge in [-0.2, -0.15) is 0 Å². The molecule has 1 heterocycles. The van der Waals surface area contributed by atoms with E-state index in [0.29, 0.717) is 13.1 Å². The van der Waals surface area contributed by atoms with Gasteiger partial charge in [0.05, 0.1) is 12.1 Å². The van der Waals surface area contributed by atoms with Crippen LogP contribution < -0.4 is 5.32 Å². The Morgan fingerprint density at radius 2 is 1.69 bits per heavy atom. The van der Waals surface area contributed by atoms with Gasteiger partial charge in [0.25, 0.3) is 0 Å². The summed E-state index contributed by atoms with van der Waals surface area (Å²) < 4.78 is 0. The van der Waals surface area contributed by atoms with E-state index >= 15 is 0 Å². The van der Waals surface area contributed by atoms with Crippen molar-refractivity contribution in [2.45, 2.75) is 19.9 Å². The van der Waals surface area contributed by atoms with E-state index in [0.717, 1.165) is 22.9 Å². The quantitative estimate of drug-likeness (QED) is 0.448. The first-order chi connectivity index (χ1) is 14.3. The van der Waals surface area contributed by atoms with Crippen molar-refractivity contribution >= 4 is 10.9 Å². The highest BCUT2D eigenvalue weighted by Gasteiger charge is 2.10. The minimum Gasteiger partial charge on any atom is -0.395 e. The third-order valence-electron chi connectivity index (χ3n) is 5.38. The van der Waals surface area contributed by atoms with Gasteiger partial charge in [-0.3, -0.25) is 4.98 Å². The molecule has 0 aliphatic rings. The van der Waals surface area contributed by atoms with Crippen molar-refractivity contribution in [2.24, 2.45) is 0 Å². The van der Waals surface area contributed by atoms with Gasteiger partial charge in [-0.1, -0.05) is 66.7 Å². The molecule has 4 rings (SSSR count). The van der Waals surface area contributed by atoms with Gasteiger partial charge in [0.2, 0.25) is 0 Å². The van der Waals surface area contributed by atoms with Crippen LogP contribution in [0.15, 0.2) is 79.0 Å². The summed E-state index contributed by atoms with van der Waals surface area (Å²) in [5.74, 6) is 0. The number of hydrogen-bond acceptors (Lipinski definition) is 3. The molecule has 0 fully saturated rings. The number of nitrogens with one attached hydrogen (secondary N) is 1. The highest BCUT2D eigenvalue weighted by atomic mass is 16.3. The average Bonchev–Trinajstić information content (AvgIpc) is 2.76. The molecule has 2 N–H and O–H groups in total. The van der Waals surface area contributed by atoms with Crippen LogP contribution in [-0.4, -0.2) is 23.2 Å². The first-order valence-electron chi connectivity index (χ1n) is 10.1. The standard InChI is InChI=1S/C26H26N2O/c1-19-22(9-6-12-25(19)21-7-3-2-4-8-21)16-24-11-5-10-23-15-20(17-27-13-14-29)18-28-26(23)24/h2-12,15,18,27,29H,13-14,16-17H2,1H3. The third kappa shape index (κ3) is 4.37. The summed E-state index contributed by atoms with van der Waals surface area (Å²) in [6, 6.07) is 25.7. The van der Waals surface area contributed by atoms with E-state index in [-0.39, 0.29) is 6.61 Å². The van der Waals surface area contributed by atoms with Crippen molar-refractivity contribution in [3.8, 4) is 11.1 Å². The highest BCUT2D eigenvalue weighted by Crippen LogP contribution is 2.28. The molecule has 0 spiro atoms. The molecule has 146 valence electrons. The second-order valence-electron chi connectivity index (χ2n) is 7.37. The minimum absolute atomic E-state index is 0.145. The second kappa shape index (κ2) is 8.99. The zero-order valence-electron chi connectivity index (χ0n) is 16.7. The van der Waals surface area contributed by atoms with Crippen molar-refractivity contribution < 1.29 is 5.11 Å². The Balaban J connectivity index is 1.64. The molecule has 0 aliphatic heterocycles. The number of benzene rings is 3. The van der Waals surface area contributed by atoms with E-state index < -0.39 is 0 Å². The number of fused-ring (bicyclic) bond motifs is 1. The normalized spacial score (nSPS) is 11.1. The Kier molecular flexibility index (Phi) is 5.99. The first-order valence-corrected chi connectivity index (χ1v) is 10.1. The number of rotatable bonds is 7. The molecule has 0 unspecified atom stereocenters. The number of pyridine rings is 1. The van der Waals surface area contributed by atoms with E-state index in [2.05, 4.69) is 85.0 Å². The van der Waals surface area contributed by atoms with Crippen LogP contribution in [-0.2, 0) is 13.0 Å². The molecule has 0 aliphatic carbocycles. The molecule has 3 aromatic carbocycles. The predicted octanol–water partition coefficient (Wildman–Crippen LogP) is 4.88. The minimum atomic E-state index is 0.145. The van der Waals surface area contributed by atoms with Gasteiger partial charge in [0.15, 0.2) is 0 Å². The van der Waals surface area contributed by atoms with Crippen molar-refractivity contribution in [3.05, 3.63) is 101 Å². The first kappa shape index (κ1) is 19.3. The molecule has 0 amide bonds. The van der Waals surface area contributed by atoms with Gasteiger partial charge in [-0.15, -0.1) is 0 Å². The highest BCUT2D eigenvalue weighted by molar-refractivity contribution is 5.82. The maximum absolute atomic E-state index is 8.93. The number of aromatic nitrogens is 1. The summed E-state index contributed by atoms with van der Waals surface area (Å²) in [6.07, 6.45) is 2.79. The number of hydrogen-bond donors (Lipinski definition) is 2. The fourth-order valence-corrected chi connectivity index (χ4v) is 3.83. The van der Waals surface area contributed by atoms with E-state index in [9.17, 15) is 0 Å². The molecule has 0 bridgehead atoms. The zero-order chi connectivity index (χ0) is 20.1. The largest absolute Gasteiger partial charge is 0.395 e. The van der Waals surface area contributed by atoms with E-state index in [1.807, 2.05) is 6.20 Å². The maximum atomic E-state index is 8.93. The molecular weight excluding hydrogens is 356 g/mol. The molecule has 29 heavy (non-hydrogen) atoms. The Labute approximate surface area is 172 Å². The van der Waals surface area contributed by atoms with Crippen molar-refractivity contribution in [3.63, 3.8) is 0 Å². The predicted molar refractivity (Wildman–Crippen MR) is 120 cm³/mol. The Morgan fingerprint density at radius 1 is 0.897 bits per heavy atom. The molecule has 3 nitrogen and oxygen atoms in total. The van der Waals surface area contributed by atoms with Crippen LogP contribution in [0, 0.1) is 6.92 Å². The molecule has 0 saturated heterocycles. The topological polar surface area (TPSA) is 45.1 Å². The number of nitrogens with zero attached hydrogens (tertiary/aromatic N) is 1. The summed E-state index contributed by atoms with van der Waals surface area (Å²) in [5.41, 5.74) is 8.62. The SMILES string of the molecule is Cc1c(Cc2cccc3cc(CNCCO)cnc23)cccc1-c1ccccc1.